The van der Waals surface area contributed by atoms with Crippen LogP contribution < -0.4 is 5.73 Å². The zero-order chi connectivity index (χ0) is 8.27. The summed E-state index contributed by atoms with van der Waals surface area (Å²) in [6, 6.07) is 7.45. The van der Waals surface area contributed by atoms with Gasteiger partial charge < -0.3 is 5.73 Å². The van der Waals surface area contributed by atoms with Crippen LogP contribution in [0.4, 0.5) is 5.69 Å². The van der Waals surface area contributed by atoms with E-state index in [1.807, 2.05) is 24.5 Å². The first-order valence-electron chi connectivity index (χ1n) is 3.11. The predicted molar refractivity (Wildman–Crippen MR) is 47.4 cm³/mol. The Morgan fingerprint density at radius 2 is 2.27 bits per heavy atom. The molecule has 1 aromatic rings. The molecule has 2 nitrogen and oxygen atoms in total. The van der Waals surface area contributed by atoms with E-state index in [9.17, 15) is 0 Å². The fraction of sp³-hybridized carbons (Fsp3) is 0.125. The van der Waals surface area contributed by atoms with Gasteiger partial charge in [0.1, 0.15) is 6.07 Å². The maximum atomic E-state index is 8.55. The van der Waals surface area contributed by atoms with Crippen molar-refractivity contribution in [3.63, 3.8) is 0 Å². The molecule has 0 fully saturated rings. The van der Waals surface area contributed by atoms with Crippen molar-refractivity contribution in [2.24, 2.45) is 0 Å². The first-order valence-corrected chi connectivity index (χ1v) is 4.34. The number of nitrogen functional groups attached to an aromatic ring is 1. The van der Waals surface area contributed by atoms with Crippen LogP contribution in [-0.4, -0.2) is 6.26 Å². The molecular weight excluding hydrogens is 156 g/mol. The smallest absolute Gasteiger partial charge is 0.101 e. The van der Waals surface area contributed by atoms with Crippen LogP contribution in [0.1, 0.15) is 5.56 Å². The zero-order valence-corrected chi connectivity index (χ0v) is 6.98. The summed E-state index contributed by atoms with van der Waals surface area (Å²) < 4.78 is 0. The third kappa shape index (κ3) is 1.66. The topological polar surface area (TPSA) is 49.8 Å². The Bertz CT molecular complexity index is 301. The Morgan fingerprint density at radius 1 is 1.55 bits per heavy atom. The molecule has 0 aliphatic rings. The van der Waals surface area contributed by atoms with E-state index in [4.69, 9.17) is 11.0 Å². The number of hydrogen-bond acceptors (Lipinski definition) is 3. The number of thioether (sulfide) groups is 1. The van der Waals surface area contributed by atoms with Crippen LogP contribution in [0.3, 0.4) is 0 Å². The third-order valence-electron chi connectivity index (χ3n) is 1.38. The van der Waals surface area contributed by atoms with E-state index in [0.29, 0.717) is 11.3 Å². The number of nitriles is 1. The maximum Gasteiger partial charge on any atom is 0.101 e. The predicted octanol–water partition coefficient (Wildman–Crippen LogP) is 1.86. The van der Waals surface area contributed by atoms with Crippen molar-refractivity contribution in [2.45, 2.75) is 4.90 Å². The van der Waals surface area contributed by atoms with Crippen molar-refractivity contribution in [1.82, 2.24) is 0 Å². The van der Waals surface area contributed by atoms with Crippen LogP contribution in [0, 0.1) is 11.3 Å². The molecule has 0 bridgehead atoms. The second kappa shape index (κ2) is 3.31. The van der Waals surface area contributed by atoms with Crippen LogP contribution in [0.5, 0.6) is 0 Å². The van der Waals surface area contributed by atoms with E-state index in [1.54, 1.807) is 17.8 Å². The van der Waals surface area contributed by atoms with E-state index >= 15 is 0 Å². The van der Waals surface area contributed by atoms with Gasteiger partial charge in [-0.25, -0.2) is 0 Å². The highest BCUT2D eigenvalue weighted by Crippen LogP contribution is 2.20. The molecule has 3 heteroatoms. The summed E-state index contributed by atoms with van der Waals surface area (Å²) in [5, 5.41) is 8.55. The van der Waals surface area contributed by atoms with Gasteiger partial charge in [-0.3, -0.25) is 0 Å². The third-order valence-corrected chi connectivity index (χ3v) is 2.10. The molecule has 0 aliphatic carbocycles. The SMILES string of the molecule is CSc1ccc(C#N)c(N)c1. The molecule has 0 aliphatic heterocycles. The van der Waals surface area contributed by atoms with Crippen molar-refractivity contribution >= 4 is 17.4 Å². The van der Waals surface area contributed by atoms with Gasteiger partial charge in [0.15, 0.2) is 0 Å². The number of anilines is 1. The molecule has 0 aromatic heterocycles. The fourth-order valence-corrected chi connectivity index (χ4v) is 1.22. The first-order chi connectivity index (χ1) is 5.27. The largest absolute Gasteiger partial charge is 0.398 e. The molecule has 1 rings (SSSR count). The lowest BCUT2D eigenvalue weighted by atomic mass is 10.2. The van der Waals surface area contributed by atoms with Crippen LogP contribution in [0.15, 0.2) is 23.1 Å². The zero-order valence-electron chi connectivity index (χ0n) is 6.16. The van der Waals surface area contributed by atoms with Crippen molar-refractivity contribution < 1.29 is 0 Å². The van der Waals surface area contributed by atoms with Gasteiger partial charge in [-0.2, -0.15) is 5.26 Å². The van der Waals surface area contributed by atoms with Crippen molar-refractivity contribution in [2.75, 3.05) is 12.0 Å². The summed E-state index contributed by atoms with van der Waals surface area (Å²) >= 11 is 1.61. The van der Waals surface area contributed by atoms with Crippen molar-refractivity contribution in [3.05, 3.63) is 23.8 Å². The molecule has 0 atom stereocenters. The summed E-state index contributed by atoms with van der Waals surface area (Å²) in [5.41, 5.74) is 6.67. The van der Waals surface area contributed by atoms with Gasteiger partial charge in [0.2, 0.25) is 0 Å². The fourth-order valence-electron chi connectivity index (χ4n) is 0.770. The number of hydrogen-bond donors (Lipinski definition) is 1. The number of rotatable bonds is 1. The number of benzene rings is 1. The van der Waals surface area contributed by atoms with Crippen LogP contribution in [-0.2, 0) is 0 Å². The minimum Gasteiger partial charge on any atom is -0.398 e. The van der Waals surface area contributed by atoms with Crippen LogP contribution in [0.25, 0.3) is 0 Å². The summed E-state index contributed by atoms with van der Waals surface area (Å²) in [6.45, 7) is 0. The molecule has 56 valence electrons. The molecule has 0 saturated heterocycles. The molecule has 0 saturated carbocycles. The lowest BCUT2D eigenvalue weighted by Gasteiger charge is -1.98. The molecule has 0 heterocycles. The van der Waals surface area contributed by atoms with Gasteiger partial charge in [0.25, 0.3) is 0 Å². The van der Waals surface area contributed by atoms with Gasteiger partial charge in [-0.15, -0.1) is 11.8 Å². The normalized spacial score (nSPS) is 9.09. The van der Waals surface area contributed by atoms with E-state index in [-0.39, 0.29) is 0 Å². The van der Waals surface area contributed by atoms with E-state index in [2.05, 4.69) is 0 Å². The lowest BCUT2D eigenvalue weighted by Crippen LogP contribution is -1.89. The van der Waals surface area contributed by atoms with E-state index in [0.717, 1.165) is 4.90 Å². The summed E-state index contributed by atoms with van der Waals surface area (Å²) in [7, 11) is 0. The van der Waals surface area contributed by atoms with Gasteiger partial charge in [-0.1, -0.05) is 0 Å². The highest BCUT2D eigenvalue weighted by Gasteiger charge is 1.97. The van der Waals surface area contributed by atoms with Gasteiger partial charge in [-0.05, 0) is 24.5 Å². The van der Waals surface area contributed by atoms with Crippen molar-refractivity contribution in [3.8, 4) is 6.07 Å². The van der Waals surface area contributed by atoms with E-state index in [1.165, 1.54) is 0 Å². The molecule has 0 radical (unpaired) electrons. The lowest BCUT2D eigenvalue weighted by molar-refractivity contribution is 1.42. The Morgan fingerprint density at radius 3 is 2.73 bits per heavy atom. The quantitative estimate of drug-likeness (QED) is 0.509. The Labute approximate surface area is 70.0 Å². The van der Waals surface area contributed by atoms with Gasteiger partial charge in [0.05, 0.1) is 11.3 Å². The maximum absolute atomic E-state index is 8.55. The Balaban J connectivity index is 3.12. The molecule has 1 aromatic carbocycles. The standard InChI is InChI=1S/C8H8N2S/c1-11-7-3-2-6(5-9)8(10)4-7/h2-4H,10H2,1H3. The molecule has 0 unspecified atom stereocenters. The summed E-state index contributed by atoms with van der Waals surface area (Å²) in [6.07, 6.45) is 1.97. The monoisotopic (exact) mass is 164 g/mol. The van der Waals surface area contributed by atoms with Crippen LogP contribution in [0.2, 0.25) is 0 Å². The Kier molecular flexibility index (Phi) is 2.40. The average Bonchev–Trinajstić information content (AvgIpc) is 2.04. The molecular formula is C8H8N2S. The van der Waals surface area contributed by atoms with E-state index < -0.39 is 0 Å². The molecule has 0 amide bonds. The van der Waals surface area contributed by atoms with Gasteiger partial charge >= 0.3 is 0 Å². The summed E-state index contributed by atoms with van der Waals surface area (Å²) in [5.74, 6) is 0. The highest BCUT2D eigenvalue weighted by atomic mass is 32.2. The highest BCUT2D eigenvalue weighted by molar-refractivity contribution is 7.98. The minimum atomic E-state index is 0.544. The second-order valence-electron chi connectivity index (χ2n) is 2.06. The second-order valence-corrected chi connectivity index (χ2v) is 2.94. The van der Waals surface area contributed by atoms with Crippen LogP contribution >= 0.6 is 11.8 Å². The first kappa shape index (κ1) is 7.96. The minimum absolute atomic E-state index is 0.544. The molecule has 11 heavy (non-hydrogen) atoms. The number of nitrogens with zero attached hydrogens (tertiary/aromatic N) is 1. The molecule has 2 N–H and O–H groups in total. The van der Waals surface area contributed by atoms with Crippen molar-refractivity contribution in [1.29, 1.82) is 5.26 Å². The summed E-state index contributed by atoms with van der Waals surface area (Å²) in [4.78, 5) is 1.08. The Hall–Kier alpha value is -1.14. The van der Waals surface area contributed by atoms with Gasteiger partial charge in [0, 0.05) is 4.90 Å². The number of nitrogens with two attached hydrogens (primary N) is 1. The average molecular weight is 164 g/mol. The molecule has 0 spiro atoms.